The Bertz CT molecular complexity index is 1700. The van der Waals surface area contributed by atoms with Gasteiger partial charge in [-0.2, -0.15) is 0 Å². The van der Waals surface area contributed by atoms with Gasteiger partial charge in [0, 0.05) is 37.8 Å². The van der Waals surface area contributed by atoms with Crippen molar-refractivity contribution in [1.29, 1.82) is 0 Å². The molecular weight excluding hydrogens is 662 g/mol. The maximum absolute atomic E-state index is 14.5. The number of amides is 1. The predicted molar refractivity (Wildman–Crippen MR) is 190 cm³/mol. The minimum Gasteiger partial charge on any atom is -0.497 e. The van der Waals surface area contributed by atoms with Crippen molar-refractivity contribution in [2.24, 2.45) is 5.92 Å². The van der Waals surface area contributed by atoms with Gasteiger partial charge in [-0.25, -0.2) is 8.42 Å². The van der Waals surface area contributed by atoms with Gasteiger partial charge in [0.25, 0.3) is 15.9 Å². The van der Waals surface area contributed by atoms with Crippen LogP contribution < -0.4 is 23.7 Å². The molecule has 0 saturated heterocycles. The molecule has 4 atom stereocenters. The van der Waals surface area contributed by atoms with Crippen LogP contribution in [0.5, 0.6) is 23.0 Å². The molecule has 0 spiro atoms. The molecule has 272 valence electrons. The van der Waals surface area contributed by atoms with Crippen LogP contribution in [0.4, 0.5) is 5.69 Å². The number of carbonyl (C=O) groups excluding carboxylic acids is 1. The van der Waals surface area contributed by atoms with Gasteiger partial charge in [0.05, 0.1) is 42.4 Å². The number of methoxy groups -OCH3 is 1. The van der Waals surface area contributed by atoms with Crippen LogP contribution in [-0.2, 0) is 21.3 Å². The summed E-state index contributed by atoms with van der Waals surface area (Å²) in [6.45, 7) is 7.88. The number of nitrogens with zero attached hydrogens (tertiary/aromatic N) is 2. The van der Waals surface area contributed by atoms with E-state index in [2.05, 4.69) is 9.62 Å². The molecule has 2 aliphatic rings. The minimum absolute atomic E-state index is 0.0495. The summed E-state index contributed by atoms with van der Waals surface area (Å²) in [7, 11) is -0.432. The van der Waals surface area contributed by atoms with Crippen molar-refractivity contribution >= 4 is 21.6 Å². The Morgan fingerprint density at radius 3 is 2.50 bits per heavy atom. The molecule has 3 aromatic carbocycles. The molecule has 2 heterocycles. The Morgan fingerprint density at radius 1 is 1.02 bits per heavy atom. The first kappa shape index (κ1) is 37.2. The molecule has 0 aromatic heterocycles. The number of fused-ring (bicyclic) bond motifs is 2. The minimum atomic E-state index is -3.98. The zero-order valence-corrected chi connectivity index (χ0v) is 30.3. The van der Waals surface area contributed by atoms with Gasteiger partial charge in [-0.05, 0) is 100 Å². The molecule has 3 aromatic rings. The van der Waals surface area contributed by atoms with Gasteiger partial charge < -0.3 is 33.7 Å². The number of hydrogen-bond donors (Lipinski definition) is 2. The lowest BCUT2D eigenvalue weighted by molar-refractivity contribution is -0.0177. The Kier molecular flexibility index (Phi) is 12.5. The van der Waals surface area contributed by atoms with Crippen LogP contribution in [0.3, 0.4) is 0 Å². The maximum atomic E-state index is 14.5. The number of benzene rings is 3. The van der Waals surface area contributed by atoms with Crippen LogP contribution >= 0.6 is 0 Å². The highest BCUT2D eigenvalue weighted by Gasteiger charge is 2.31. The zero-order chi connectivity index (χ0) is 35.8. The second-order valence-corrected chi connectivity index (χ2v) is 14.9. The first-order chi connectivity index (χ1) is 24.0. The van der Waals surface area contributed by atoms with Crippen molar-refractivity contribution in [3.63, 3.8) is 0 Å². The molecule has 12 nitrogen and oxygen atoms in total. The van der Waals surface area contributed by atoms with Crippen molar-refractivity contribution < 1.29 is 42.0 Å². The number of ether oxygens (including phenoxy) is 5. The third-order valence-corrected chi connectivity index (χ3v) is 10.5. The summed E-state index contributed by atoms with van der Waals surface area (Å²) in [5, 5.41) is 10.3. The Balaban J connectivity index is 1.40. The summed E-state index contributed by atoms with van der Waals surface area (Å²) in [5.41, 5.74) is 1.50. The van der Waals surface area contributed by atoms with E-state index < -0.39 is 16.1 Å². The van der Waals surface area contributed by atoms with Crippen molar-refractivity contribution in [3.8, 4) is 23.0 Å². The highest BCUT2D eigenvalue weighted by molar-refractivity contribution is 7.92. The van der Waals surface area contributed by atoms with E-state index in [0.29, 0.717) is 37.7 Å². The first-order valence-corrected chi connectivity index (χ1v) is 18.5. The Hall–Kier alpha value is -4.04. The second-order valence-electron chi connectivity index (χ2n) is 13.2. The number of aliphatic hydroxyl groups is 1. The average molecular weight is 712 g/mol. The molecule has 13 heteroatoms. The molecular formula is C37H49N3O9S. The Labute approximate surface area is 295 Å². The number of hydrogen-bond acceptors (Lipinski definition) is 10. The summed E-state index contributed by atoms with van der Waals surface area (Å²) >= 11 is 0. The van der Waals surface area contributed by atoms with Gasteiger partial charge in [-0.15, -0.1) is 0 Å². The smallest absolute Gasteiger partial charge is 0.261 e. The quantitative estimate of drug-likeness (QED) is 0.291. The van der Waals surface area contributed by atoms with E-state index in [-0.39, 0.29) is 53.6 Å². The number of nitrogens with one attached hydrogen (secondary N) is 1. The van der Waals surface area contributed by atoms with Gasteiger partial charge >= 0.3 is 0 Å². The highest BCUT2D eigenvalue weighted by atomic mass is 32.2. The van der Waals surface area contributed by atoms with Gasteiger partial charge in [-0.1, -0.05) is 13.0 Å². The molecule has 5 rings (SSSR count). The molecule has 0 aliphatic carbocycles. The zero-order valence-electron chi connectivity index (χ0n) is 29.5. The van der Waals surface area contributed by atoms with Crippen LogP contribution in [0, 0.1) is 5.92 Å². The fraction of sp³-hybridized carbons (Fsp3) is 0.486. The summed E-state index contributed by atoms with van der Waals surface area (Å²) in [6.07, 6.45) is 2.03. The number of carbonyl (C=O) groups is 1. The largest absolute Gasteiger partial charge is 0.497 e. The number of sulfonamides is 1. The fourth-order valence-corrected chi connectivity index (χ4v) is 7.19. The number of anilines is 1. The molecule has 1 amide bonds. The number of likely N-dealkylation sites (N-methyl/N-ethyl adjacent to an activating group) is 1. The lowest BCUT2D eigenvalue weighted by Crippen LogP contribution is -2.47. The van der Waals surface area contributed by atoms with E-state index in [9.17, 15) is 18.3 Å². The van der Waals surface area contributed by atoms with E-state index in [0.717, 1.165) is 36.3 Å². The summed E-state index contributed by atoms with van der Waals surface area (Å²) in [5.74, 6) is 1.87. The maximum Gasteiger partial charge on any atom is 0.261 e. The summed E-state index contributed by atoms with van der Waals surface area (Å²) < 4.78 is 58.2. The molecule has 0 unspecified atom stereocenters. The monoisotopic (exact) mass is 711 g/mol. The topological polar surface area (TPSA) is 136 Å². The molecule has 2 aliphatic heterocycles. The third kappa shape index (κ3) is 9.39. The molecule has 0 radical (unpaired) electrons. The summed E-state index contributed by atoms with van der Waals surface area (Å²) in [6, 6.07) is 16.2. The highest BCUT2D eigenvalue weighted by Crippen LogP contribution is 2.33. The normalized spacial score (nSPS) is 20.8. The van der Waals surface area contributed by atoms with Crippen LogP contribution in [0.25, 0.3) is 0 Å². The van der Waals surface area contributed by atoms with Gasteiger partial charge in [0.2, 0.25) is 6.79 Å². The van der Waals surface area contributed by atoms with Crippen molar-refractivity contribution in [2.45, 2.75) is 69.7 Å². The lowest BCUT2D eigenvalue weighted by Gasteiger charge is -2.36. The Morgan fingerprint density at radius 2 is 1.76 bits per heavy atom. The molecule has 50 heavy (non-hydrogen) atoms. The second kappa shape index (κ2) is 16.8. The van der Waals surface area contributed by atoms with Crippen LogP contribution in [-0.4, -0.2) is 94.7 Å². The van der Waals surface area contributed by atoms with Gasteiger partial charge in [-0.3, -0.25) is 14.4 Å². The van der Waals surface area contributed by atoms with Crippen LogP contribution in [0.1, 0.15) is 56.0 Å². The standard InChI is InChI=1S/C37H49N3O9S/c1-25-20-40(26(2)23-41)37(42)32-19-29(38-50(43,44)31-13-11-30(45-5)12-14-31)10-16-33(32)49-27(3)8-6-7-17-46-36(25)22-39(4)21-28-9-15-34-35(18-28)48-24-47-34/h9-16,18-19,25-27,36,38,41H,6-8,17,20-24H2,1-5H3/t25-,26-,27-,36-/m0/s1. The SMILES string of the molecule is COc1ccc(S(=O)(=O)Nc2ccc3c(c2)C(=O)N([C@@H](C)CO)C[C@H](C)[C@H](CN(C)Cc2ccc4c(c2)OCO4)OCCCC[C@H](C)O3)cc1. The first-order valence-electron chi connectivity index (χ1n) is 17.1. The van der Waals surface area contributed by atoms with E-state index in [1.54, 1.807) is 36.1 Å². The van der Waals surface area contributed by atoms with Crippen molar-refractivity contribution in [2.75, 3.05) is 52.0 Å². The van der Waals surface area contributed by atoms with E-state index in [1.165, 1.54) is 25.3 Å². The number of aliphatic hydroxyl groups excluding tert-OH is 1. The van der Waals surface area contributed by atoms with Gasteiger partial charge in [0.1, 0.15) is 11.5 Å². The van der Waals surface area contributed by atoms with E-state index in [1.807, 2.05) is 39.1 Å². The van der Waals surface area contributed by atoms with Crippen LogP contribution in [0.15, 0.2) is 65.6 Å². The van der Waals surface area contributed by atoms with Crippen LogP contribution in [0.2, 0.25) is 0 Å². The van der Waals surface area contributed by atoms with Gasteiger partial charge in [0.15, 0.2) is 11.5 Å². The van der Waals surface area contributed by atoms with Crippen molar-refractivity contribution in [3.05, 3.63) is 71.8 Å². The lowest BCUT2D eigenvalue weighted by atomic mass is 10.0. The third-order valence-electron chi connectivity index (χ3n) is 9.05. The van der Waals surface area contributed by atoms with Crippen molar-refractivity contribution in [1.82, 2.24) is 9.80 Å². The fourth-order valence-electron chi connectivity index (χ4n) is 6.14. The van der Waals surface area contributed by atoms with E-state index >= 15 is 0 Å². The molecule has 0 bridgehead atoms. The molecule has 0 saturated carbocycles. The predicted octanol–water partition coefficient (Wildman–Crippen LogP) is 5.15. The number of rotatable bonds is 10. The molecule has 0 fully saturated rings. The average Bonchev–Trinajstić information content (AvgIpc) is 3.57. The summed E-state index contributed by atoms with van der Waals surface area (Å²) in [4.78, 5) is 18.3. The molecule has 2 N–H and O–H groups in total. The van der Waals surface area contributed by atoms with E-state index in [4.69, 9.17) is 23.7 Å².